The molecular weight excluding hydrogens is 238 g/mol. The highest BCUT2D eigenvalue weighted by molar-refractivity contribution is 7.84. The first-order chi connectivity index (χ1) is 7.88. The molecule has 0 radical (unpaired) electrons. The summed E-state index contributed by atoms with van der Waals surface area (Å²) in [5, 5.41) is 0. The zero-order valence-corrected chi connectivity index (χ0v) is 11.1. The average molecular weight is 253 g/mol. The summed E-state index contributed by atoms with van der Waals surface area (Å²) in [4.78, 5) is 12.7. The van der Waals surface area contributed by atoms with E-state index in [1.54, 1.807) is 18.2 Å². The van der Waals surface area contributed by atoms with Gasteiger partial charge in [-0.15, -0.1) is 0 Å². The van der Waals surface area contributed by atoms with Gasteiger partial charge in [0.15, 0.2) is 11.0 Å². The first-order valence-electron chi connectivity index (χ1n) is 5.31. The molecule has 1 heterocycles. The van der Waals surface area contributed by atoms with E-state index in [0.29, 0.717) is 16.2 Å². The van der Waals surface area contributed by atoms with Gasteiger partial charge in [-0.2, -0.15) is 0 Å². The minimum atomic E-state index is -1.49. The van der Waals surface area contributed by atoms with Gasteiger partial charge in [-0.05, 0) is 32.9 Å². The summed E-state index contributed by atoms with van der Waals surface area (Å²) in [6.45, 7) is 5.59. The van der Waals surface area contributed by atoms with Crippen molar-refractivity contribution in [1.29, 1.82) is 0 Å². The number of ether oxygens (including phenoxy) is 1. The normalized spacial score (nSPS) is 19.4. The summed E-state index contributed by atoms with van der Waals surface area (Å²) in [5.74, 6) is 0.297. The van der Waals surface area contributed by atoms with E-state index >= 15 is 0 Å². The third-order valence-corrected chi connectivity index (χ3v) is 4.38. The minimum Gasteiger partial charge on any atom is -0.495 e. The number of nitrogens with zero attached hydrogens (tertiary/aromatic N) is 1. The molecule has 1 aromatic rings. The SMILES string of the molecule is COc1cccc2c1S(=O)N(C(C)(C)C)C2=O. The maximum absolute atomic E-state index is 12.4. The van der Waals surface area contributed by atoms with E-state index in [9.17, 15) is 9.00 Å². The van der Waals surface area contributed by atoms with Crippen LogP contribution in [-0.2, 0) is 11.0 Å². The van der Waals surface area contributed by atoms with Gasteiger partial charge in [0.2, 0.25) is 0 Å². The molecule has 1 amide bonds. The van der Waals surface area contributed by atoms with Crippen LogP contribution in [0.4, 0.5) is 0 Å². The molecule has 1 aliphatic heterocycles. The smallest absolute Gasteiger partial charge is 0.267 e. The lowest BCUT2D eigenvalue weighted by Crippen LogP contribution is -2.42. The predicted octanol–water partition coefficient (Wildman–Crippen LogP) is 1.97. The number of methoxy groups -OCH3 is 1. The second-order valence-corrected chi connectivity index (χ2v) is 6.13. The summed E-state index contributed by atoms with van der Waals surface area (Å²) in [5.41, 5.74) is -0.0102. The summed E-state index contributed by atoms with van der Waals surface area (Å²) >= 11 is 0. The molecule has 1 unspecified atom stereocenters. The molecule has 0 N–H and O–H groups in total. The Morgan fingerprint density at radius 1 is 1.29 bits per heavy atom. The molecule has 0 aromatic heterocycles. The Morgan fingerprint density at radius 3 is 2.47 bits per heavy atom. The zero-order valence-electron chi connectivity index (χ0n) is 10.3. The van der Waals surface area contributed by atoms with Crippen LogP contribution in [0.25, 0.3) is 0 Å². The Kier molecular flexibility index (Phi) is 2.73. The fourth-order valence-corrected chi connectivity index (χ4v) is 3.45. The third kappa shape index (κ3) is 1.74. The second kappa shape index (κ2) is 3.84. The molecular formula is C12H15NO3S. The van der Waals surface area contributed by atoms with Crippen molar-refractivity contribution in [2.24, 2.45) is 0 Å². The van der Waals surface area contributed by atoms with Gasteiger partial charge in [0, 0.05) is 5.54 Å². The molecule has 0 saturated carbocycles. The van der Waals surface area contributed by atoms with E-state index in [4.69, 9.17) is 4.74 Å². The van der Waals surface area contributed by atoms with Crippen molar-refractivity contribution in [1.82, 2.24) is 4.31 Å². The van der Waals surface area contributed by atoms with E-state index in [0.717, 1.165) is 0 Å². The van der Waals surface area contributed by atoms with Crippen molar-refractivity contribution in [2.75, 3.05) is 7.11 Å². The molecule has 1 aliphatic rings. The highest BCUT2D eigenvalue weighted by Gasteiger charge is 2.42. The van der Waals surface area contributed by atoms with Crippen LogP contribution in [0.5, 0.6) is 5.75 Å². The first-order valence-corrected chi connectivity index (χ1v) is 6.42. The van der Waals surface area contributed by atoms with Crippen LogP contribution in [0, 0.1) is 0 Å². The molecule has 92 valence electrons. The predicted molar refractivity (Wildman–Crippen MR) is 65.3 cm³/mol. The molecule has 0 spiro atoms. The lowest BCUT2D eigenvalue weighted by atomic mass is 10.1. The Hall–Kier alpha value is -1.36. The number of hydrogen-bond acceptors (Lipinski definition) is 3. The quantitative estimate of drug-likeness (QED) is 0.768. The van der Waals surface area contributed by atoms with Gasteiger partial charge in [0.05, 0.1) is 12.7 Å². The van der Waals surface area contributed by atoms with Crippen LogP contribution in [0.15, 0.2) is 23.1 Å². The number of hydrogen-bond donors (Lipinski definition) is 0. The highest BCUT2D eigenvalue weighted by atomic mass is 32.2. The monoisotopic (exact) mass is 253 g/mol. The number of carbonyl (C=O) groups excluding carboxylic acids is 1. The Labute approximate surface area is 103 Å². The lowest BCUT2D eigenvalue weighted by Gasteiger charge is -2.29. The van der Waals surface area contributed by atoms with Gasteiger partial charge in [0.25, 0.3) is 5.91 Å². The van der Waals surface area contributed by atoms with Crippen molar-refractivity contribution in [3.05, 3.63) is 23.8 Å². The fraction of sp³-hybridized carbons (Fsp3) is 0.417. The van der Waals surface area contributed by atoms with Gasteiger partial charge < -0.3 is 4.74 Å². The van der Waals surface area contributed by atoms with Crippen LogP contribution in [-0.4, -0.2) is 27.1 Å². The van der Waals surface area contributed by atoms with E-state index < -0.39 is 16.5 Å². The number of carbonyl (C=O) groups is 1. The zero-order chi connectivity index (χ0) is 12.8. The van der Waals surface area contributed by atoms with E-state index in [1.165, 1.54) is 11.4 Å². The summed E-state index contributed by atoms with van der Waals surface area (Å²) in [7, 11) is 0.0232. The molecule has 0 saturated heterocycles. The standard InChI is InChI=1S/C12H15NO3S/c1-12(2,3)13-11(14)8-6-5-7-9(16-4)10(8)17(13)15/h5-7H,1-4H3. The summed E-state index contributed by atoms with van der Waals surface area (Å²) < 4.78 is 18.9. The topological polar surface area (TPSA) is 46.6 Å². The molecule has 1 aromatic carbocycles. The molecule has 0 bridgehead atoms. The van der Waals surface area contributed by atoms with Crippen LogP contribution in [0.3, 0.4) is 0 Å². The molecule has 2 rings (SSSR count). The number of benzene rings is 1. The molecule has 0 aliphatic carbocycles. The first kappa shape index (κ1) is 12.1. The Morgan fingerprint density at radius 2 is 1.94 bits per heavy atom. The van der Waals surface area contributed by atoms with Crippen LogP contribution >= 0.6 is 0 Å². The summed E-state index contributed by atoms with van der Waals surface area (Å²) in [6, 6.07) is 5.14. The minimum absolute atomic E-state index is 0.204. The highest BCUT2D eigenvalue weighted by Crippen LogP contribution is 2.37. The molecule has 0 fully saturated rings. The van der Waals surface area contributed by atoms with Gasteiger partial charge in [-0.1, -0.05) is 6.07 Å². The molecule has 5 heteroatoms. The Balaban J connectivity index is 2.61. The number of rotatable bonds is 1. The molecule has 1 atom stereocenters. The molecule has 17 heavy (non-hydrogen) atoms. The van der Waals surface area contributed by atoms with Crippen molar-refractivity contribution >= 4 is 16.9 Å². The maximum atomic E-state index is 12.4. The molecule has 4 nitrogen and oxygen atoms in total. The van der Waals surface area contributed by atoms with Crippen molar-refractivity contribution in [2.45, 2.75) is 31.2 Å². The second-order valence-electron chi connectivity index (χ2n) is 4.86. The van der Waals surface area contributed by atoms with Crippen molar-refractivity contribution in [3.8, 4) is 5.75 Å². The van der Waals surface area contributed by atoms with E-state index in [2.05, 4.69) is 0 Å². The average Bonchev–Trinajstić information content (AvgIpc) is 2.51. The maximum Gasteiger partial charge on any atom is 0.267 e. The van der Waals surface area contributed by atoms with Gasteiger partial charge in [-0.25, -0.2) is 8.51 Å². The fourth-order valence-electron chi connectivity index (χ4n) is 1.85. The third-order valence-electron chi connectivity index (χ3n) is 2.56. The number of fused-ring (bicyclic) bond motifs is 1. The van der Waals surface area contributed by atoms with Crippen molar-refractivity contribution < 1.29 is 13.7 Å². The number of amides is 1. The van der Waals surface area contributed by atoms with Crippen LogP contribution < -0.4 is 4.74 Å². The van der Waals surface area contributed by atoms with Crippen LogP contribution in [0.1, 0.15) is 31.1 Å². The van der Waals surface area contributed by atoms with E-state index in [-0.39, 0.29) is 5.91 Å². The largest absolute Gasteiger partial charge is 0.495 e. The van der Waals surface area contributed by atoms with E-state index in [1.807, 2.05) is 20.8 Å². The van der Waals surface area contributed by atoms with Gasteiger partial charge >= 0.3 is 0 Å². The summed E-state index contributed by atoms with van der Waals surface area (Å²) in [6.07, 6.45) is 0. The van der Waals surface area contributed by atoms with Gasteiger partial charge in [0.1, 0.15) is 10.6 Å². The van der Waals surface area contributed by atoms with Crippen LogP contribution in [0.2, 0.25) is 0 Å². The Bertz CT molecular complexity index is 505. The lowest BCUT2D eigenvalue weighted by molar-refractivity contribution is 0.0794. The van der Waals surface area contributed by atoms with Crippen molar-refractivity contribution in [3.63, 3.8) is 0 Å². The van der Waals surface area contributed by atoms with Gasteiger partial charge in [-0.3, -0.25) is 4.79 Å².